The largest absolute Gasteiger partial charge is 0.289 e. The number of hydrogen-bond donors (Lipinski definition) is 3. The molecule has 0 bridgehead atoms. The minimum absolute atomic E-state index is 0.241. The summed E-state index contributed by atoms with van der Waals surface area (Å²) >= 11 is 0. The van der Waals surface area contributed by atoms with Gasteiger partial charge in [-0.3, -0.25) is 14.1 Å². The summed E-state index contributed by atoms with van der Waals surface area (Å²) < 4.78 is 82.6. The Labute approximate surface area is 178 Å². The third kappa shape index (κ3) is 4.17. The van der Waals surface area contributed by atoms with Crippen LogP contribution in [0, 0.1) is 0 Å². The number of fused-ring (bicyclic) bond motifs is 2. The Bertz CT molecular complexity index is 1440. The number of nitrogens with two attached hydrogens (primary N) is 1. The van der Waals surface area contributed by atoms with Gasteiger partial charge in [0, 0.05) is 16.7 Å². The molecule has 0 aliphatic heterocycles. The van der Waals surface area contributed by atoms with Crippen molar-refractivity contribution in [2.24, 2.45) is 5.14 Å². The van der Waals surface area contributed by atoms with Crippen molar-refractivity contribution < 1.29 is 39.4 Å². The minimum Gasteiger partial charge on any atom is -0.289 e. The van der Waals surface area contributed by atoms with Crippen LogP contribution in [0.25, 0.3) is 0 Å². The highest BCUT2D eigenvalue weighted by Crippen LogP contribution is 2.32. The molecule has 2 aromatic carbocycles. The maximum Gasteiger partial charge on any atom is 0.282 e. The minimum atomic E-state index is -4.78. The number of ketones is 2. The molecule has 0 radical (unpaired) electrons. The number of sulfonamides is 2. The second-order valence-corrected chi connectivity index (χ2v) is 11.5. The summed E-state index contributed by atoms with van der Waals surface area (Å²) in [6.07, 6.45) is -0.306. The summed E-state index contributed by atoms with van der Waals surface area (Å²) in [5, 5.41) is 3.19. The zero-order chi connectivity index (χ0) is 23.4. The van der Waals surface area contributed by atoms with Gasteiger partial charge in [-0.05, 0) is 30.7 Å². The first-order valence-electron chi connectivity index (χ1n) is 8.56. The van der Waals surface area contributed by atoms with Gasteiger partial charge < -0.3 is 0 Å². The summed E-state index contributed by atoms with van der Waals surface area (Å²) in [5.41, 5.74) is -1.32. The van der Waals surface area contributed by atoms with Gasteiger partial charge in [-0.1, -0.05) is 19.1 Å². The molecule has 1 atom stereocenters. The maximum atomic E-state index is 13.0. The molecule has 1 aliphatic rings. The first-order chi connectivity index (χ1) is 14.2. The number of rotatable bonds is 6. The van der Waals surface area contributed by atoms with Gasteiger partial charge in [0.25, 0.3) is 10.1 Å². The first kappa shape index (κ1) is 23.2. The Morgan fingerprint density at radius 2 is 1.58 bits per heavy atom. The molecule has 0 spiro atoms. The maximum absolute atomic E-state index is 13.0. The van der Waals surface area contributed by atoms with Crippen molar-refractivity contribution in [2.75, 3.05) is 0 Å². The molecule has 2 aromatic rings. The van der Waals surface area contributed by atoms with Crippen molar-refractivity contribution >= 4 is 41.7 Å². The molecule has 1 unspecified atom stereocenters. The van der Waals surface area contributed by atoms with Crippen molar-refractivity contribution in [1.82, 2.24) is 4.72 Å². The van der Waals surface area contributed by atoms with Crippen LogP contribution in [-0.4, -0.2) is 46.7 Å². The average molecular weight is 489 g/mol. The Morgan fingerprint density at radius 1 is 0.935 bits per heavy atom. The predicted molar refractivity (Wildman–Crippen MR) is 107 cm³/mol. The third-order valence-corrected chi connectivity index (χ3v) is 8.36. The summed E-state index contributed by atoms with van der Waals surface area (Å²) in [6, 6.07) is 6.33. The van der Waals surface area contributed by atoms with Crippen molar-refractivity contribution in [1.29, 1.82) is 0 Å². The van der Waals surface area contributed by atoms with Crippen molar-refractivity contribution in [2.45, 2.75) is 28.5 Å². The highest BCUT2D eigenvalue weighted by molar-refractivity contribution is 7.92. The third-order valence-electron chi connectivity index (χ3n) is 4.61. The average Bonchev–Trinajstić information content (AvgIpc) is 2.67. The van der Waals surface area contributed by atoms with E-state index in [4.69, 9.17) is 5.14 Å². The fraction of sp³-hybridized carbons (Fsp3) is 0.176. The van der Waals surface area contributed by atoms with Gasteiger partial charge in [-0.2, -0.15) is 13.1 Å². The van der Waals surface area contributed by atoms with E-state index >= 15 is 0 Å². The smallest absolute Gasteiger partial charge is 0.282 e. The summed E-state index contributed by atoms with van der Waals surface area (Å²) in [5.74, 6) is -1.69. The van der Waals surface area contributed by atoms with Crippen molar-refractivity contribution in [3.8, 4) is 0 Å². The molecular weight excluding hydrogens is 472 g/mol. The van der Waals surface area contributed by atoms with E-state index in [1.165, 1.54) is 19.1 Å². The Morgan fingerprint density at radius 3 is 2.13 bits per heavy atom. The van der Waals surface area contributed by atoms with Crippen LogP contribution in [0.15, 0.2) is 46.2 Å². The SMILES string of the molecule is CCC(NS(=O)(=O)c1cccc2c1C(=O)c1ccc(S(N)(=O)=O)cc1C2=O)S(=O)(=O)O. The van der Waals surface area contributed by atoms with E-state index in [0.29, 0.717) is 0 Å². The van der Waals surface area contributed by atoms with Crippen LogP contribution < -0.4 is 9.86 Å². The normalized spacial score (nSPS) is 15.3. The van der Waals surface area contributed by atoms with Gasteiger partial charge in [0.15, 0.2) is 11.6 Å². The van der Waals surface area contributed by atoms with Crippen LogP contribution in [0.2, 0.25) is 0 Å². The Balaban J connectivity index is 2.19. The number of benzene rings is 2. The van der Waals surface area contributed by atoms with Crippen molar-refractivity contribution in [3.05, 3.63) is 58.7 Å². The molecule has 0 saturated heterocycles. The quantitative estimate of drug-likeness (QED) is 0.400. The number of primary sulfonamides is 1. The fourth-order valence-electron chi connectivity index (χ4n) is 3.14. The number of nitrogens with one attached hydrogen (secondary N) is 1. The lowest BCUT2D eigenvalue weighted by Crippen LogP contribution is -2.40. The second-order valence-electron chi connectivity index (χ2n) is 6.62. The number of carbonyl (C=O) groups is 2. The van der Waals surface area contributed by atoms with Crippen LogP contribution in [0.3, 0.4) is 0 Å². The van der Waals surface area contributed by atoms with Gasteiger partial charge in [0.05, 0.1) is 15.4 Å². The van der Waals surface area contributed by atoms with E-state index in [1.54, 1.807) is 0 Å². The molecule has 0 fully saturated rings. The molecule has 31 heavy (non-hydrogen) atoms. The van der Waals surface area contributed by atoms with E-state index in [9.17, 15) is 39.4 Å². The topological polar surface area (TPSA) is 195 Å². The molecule has 0 amide bonds. The Kier molecular flexibility index (Phi) is 5.67. The molecule has 14 heteroatoms. The summed E-state index contributed by atoms with van der Waals surface area (Å²) in [4.78, 5) is 24.9. The lowest BCUT2D eigenvalue weighted by Gasteiger charge is -2.21. The molecule has 11 nitrogen and oxygen atoms in total. The molecule has 1 aliphatic carbocycles. The van der Waals surface area contributed by atoms with E-state index in [2.05, 4.69) is 0 Å². The molecule has 166 valence electrons. The van der Waals surface area contributed by atoms with E-state index in [0.717, 1.165) is 24.3 Å². The monoisotopic (exact) mass is 488 g/mol. The lowest BCUT2D eigenvalue weighted by molar-refractivity contribution is 0.0976. The molecule has 3 rings (SSSR count). The molecule has 4 N–H and O–H groups in total. The van der Waals surface area contributed by atoms with Crippen molar-refractivity contribution in [3.63, 3.8) is 0 Å². The van der Waals surface area contributed by atoms with Gasteiger partial charge in [-0.15, -0.1) is 0 Å². The second kappa shape index (κ2) is 7.58. The molecule has 0 aromatic heterocycles. The summed E-state index contributed by atoms with van der Waals surface area (Å²) in [6.45, 7) is 1.31. The van der Waals surface area contributed by atoms with Crippen LogP contribution in [0.5, 0.6) is 0 Å². The highest BCUT2D eigenvalue weighted by atomic mass is 32.2. The lowest BCUT2D eigenvalue weighted by atomic mass is 9.84. The zero-order valence-electron chi connectivity index (χ0n) is 15.8. The molecule has 0 saturated carbocycles. The van der Waals surface area contributed by atoms with Gasteiger partial charge in [-0.25, -0.2) is 22.0 Å². The standard InChI is InChI=1S/C17H16N2O9S3/c1-2-14(31(26,27)28)19-30(24,25)13-5-3-4-11-15(13)17(21)10-7-6-9(29(18,22)23)8-12(10)16(11)20/h3-8,14,19H,2H2,1H3,(H2,18,22,23)(H,26,27,28). The zero-order valence-corrected chi connectivity index (χ0v) is 18.2. The van der Waals surface area contributed by atoms with Gasteiger partial charge in [0.2, 0.25) is 20.0 Å². The highest BCUT2D eigenvalue weighted by Gasteiger charge is 2.37. The van der Waals surface area contributed by atoms with Crippen LogP contribution in [-0.2, 0) is 30.2 Å². The van der Waals surface area contributed by atoms with Crippen LogP contribution in [0.4, 0.5) is 0 Å². The van der Waals surface area contributed by atoms with E-state index < -0.39 is 62.5 Å². The van der Waals surface area contributed by atoms with E-state index in [1.807, 2.05) is 4.72 Å². The van der Waals surface area contributed by atoms with Crippen LogP contribution in [0.1, 0.15) is 45.2 Å². The molecule has 0 heterocycles. The fourth-order valence-corrected chi connectivity index (χ4v) is 6.33. The number of hydrogen-bond acceptors (Lipinski definition) is 8. The molecular formula is C17H16N2O9S3. The number of carbonyl (C=O) groups excluding carboxylic acids is 2. The Hall–Kier alpha value is -2.49. The first-order valence-corrected chi connectivity index (χ1v) is 13.1. The van der Waals surface area contributed by atoms with E-state index in [-0.39, 0.29) is 23.1 Å². The van der Waals surface area contributed by atoms with Gasteiger partial charge in [0.1, 0.15) is 5.37 Å². The van der Waals surface area contributed by atoms with Gasteiger partial charge >= 0.3 is 0 Å². The summed E-state index contributed by atoms with van der Waals surface area (Å²) in [7, 11) is -13.6. The predicted octanol–water partition coefficient (Wildman–Crippen LogP) is 0.0116. The van der Waals surface area contributed by atoms with Crippen LogP contribution >= 0.6 is 0 Å².